The van der Waals surface area contributed by atoms with Crippen molar-refractivity contribution in [3.05, 3.63) is 12.2 Å². The van der Waals surface area contributed by atoms with Gasteiger partial charge in [0.25, 0.3) is 0 Å². The number of aliphatic hydroxyl groups is 1. The molecule has 7 heteroatoms. The second-order valence-electron chi connectivity index (χ2n) is 8.89. The van der Waals surface area contributed by atoms with Crippen molar-refractivity contribution in [2.24, 2.45) is 17.8 Å². The van der Waals surface area contributed by atoms with E-state index in [1.165, 1.54) is 12.8 Å². The molecule has 0 aromatic heterocycles. The summed E-state index contributed by atoms with van der Waals surface area (Å²) in [5.41, 5.74) is 0. The largest absolute Gasteiger partial charge is 0.481 e. The van der Waals surface area contributed by atoms with Crippen molar-refractivity contribution >= 4 is 15.4 Å². The number of unbranched alkanes of at least 4 members (excludes halogenated alkanes) is 2. The Kier molecular flexibility index (Phi) is 11.3. The Morgan fingerprint density at radius 3 is 2.63 bits per heavy atom. The zero-order valence-electron chi connectivity index (χ0n) is 18.6. The summed E-state index contributed by atoms with van der Waals surface area (Å²) >= 11 is 0. The summed E-state index contributed by atoms with van der Waals surface area (Å²) in [5.74, 6) is -0.548. The Labute approximate surface area is 184 Å². The van der Waals surface area contributed by atoms with Crippen molar-refractivity contribution < 1.29 is 29.0 Å². The van der Waals surface area contributed by atoms with Crippen LogP contribution in [0.3, 0.4) is 0 Å². The molecule has 0 aromatic carbocycles. The number of hydrogen-bond acceptors (Lipinski definition) is 5. The van der Waals surface area contributed by atoms with Crippen LogP contribution in [0.15, 0.2) is 12.2 Å². The molecule has 1 saturated heterocycles. The summed E-state index contributed by atoms with van der Waals surface area (Å²) in [6, 6.07) is 0. The maximum absolute atomic E-state index is 10.7. The SMILES string of the molecule is CCCCC(C)C1(CC[C@H]2C(OP)CC(O)C2CC=CCCCC(=O)O)OCCO1. The standard InChI is InChI=1S/C23H41O6P/c1-3-4-9-17(2)23(27-14-15-28-23)13-12-19-18(20(24)16-21(19)29-30)10-7-5-6-8-11-22(25)26/h5,7,17-21,24H,3-4,6,8-16,30H2,1-2H3,(H,25,26)/t17?,18?,19-,20?,21?/m1/s1. The van der Waals surface area contributed by atoms with Gasteiger partial charge in [-0.3, -0.25) is 4.79 Å². The number of hydrogen-bond donors (Lipinski definition) is 2. The molecule has 0 spiro atoms. The first kappa shape index (κ1) is 25.7. The topological polar surface area (TPSA) is 85.2 Å². The molecule has 5 unspecified atom stereocenters. The van der Waals surface area contributed by atoms with E-state index >= 15 is 0 Å². The highest BCUT2D eigenvalue weighted by Crippen LogP contribution is 2.44. The lowest BCUT2D eigenvalue weighted by Crippen LogP contribution is -2.39. The van der Waals surface area contributed by atoms with E-state index < -0.39 is 11.8 Å². The maximum atomic E-state index is 10.7. The number of carbonyl (C=O) groups is 1. The van der Waals surface area contributed by atoms with E-state index in [1.807, 2.05) is 6.08 Å². The van der Waals surface area contributed by atoms with Gasteiger partial charge in [-0.15, -0.1) is 0 Å². The molecule has 0 amide bonds. The van der Waals surface area contributed by atoms with Crippen molar-refractivity contribution in [2.45, 2.75) is 96.1 Å². The normalized spacial score (nSPS) is 29.6. The minimum atomic E-state index is -0.756. The molecule has 6 atom stereocenters. The number of carboxylic acids is 1. The van der Waals surface area contributed by atoms with Gasteiger partial charge in [-0.25, -0.2) is 0 Å². The van der Waals surface area contributed by atoms with Crippen LogP contribution in [-0.4, -0.2) is 47.4 Å². The highest BCUT2D eigenvalue weighted by Gasteiger charge is 2.46. The van der Waals surface area contributed by atoms with Crippen molar-refractivity contribution in [3.8, 4) is 0 Å². The molecule has 2 fully saturated rings. The Morgan fingerprint density at radius 2 is 2.00 bits per heavy atom. The number of aliphatic hydroxyl groups excluding tert-OH is 1. The predicted molar refractivity (Wildman–Crippen MR) is 120 cm³/mol. The monoisotopic (exact) mass is 444 g/mol. The predicted octanol–water partition coefficient (Wildman–Crippen LogP) is 4.71. The smallest absolute Gasteiger partial charge is 0.303 e. The summed E-state index contributed by atoms with van der Waals surface area (Å²) in [6.45, 7) is 5.73. The van der Waals surface area contributed by atoms with Gasteiger partial charge < -0.3 is 24.2 Å². The average Bonchev–Trinajstić information content (AvgIpc) is 3.32. The van der Waals surface area contributed by atoms with Gasteiger partial charge in [0, 0.05) is 34.6 Å². The van der Waals surface area contributed by atoms with E-state index in [0.717, 1.165) is 32.1 Å². The zero-order chi connectivity index (χ0) is 22.0. The molecule has 6 nitrogen and oxygen atoms in total. The first-order chi connectivity index (χ1) is 14.4. The maximum Gasteiger partial charge on any atom is 0.303 e. The molecule has 2 rings (SSSR count). The summed E-state index contributed by atoms with van der Waals surface area (Å²) in [4.78, 5) is 10.6. The lowest BCUT2D eigenvalue weighted by atomic mass is 9.82. The van der Waals surface area contributed by atoms with Crippen LogP contribution in [0.25, 0.3) is 0 Å². The molecular weight excluding hydrogens is 403 g/mol. The van der Waals surface area contributed by atoms with Gasteiger partial charge in [0.05, 0.1) is 25.4 Å². The molecule has 1 aliphatic carbocycles. The first-order valence-corrected chi connectivity index (χ1v) is 12.1. The van der Waals surface area contributed by atoms with Gasteiger partial charge in [-0.05, 0) is 43.9 Å². The van der Waals surface area contributed by atoms with Gasteiger partial charge in [-0.1, -0.05) is 38.8 Å². The Morgan fingerprint density at radius 1 is 1.27 bits per heavy atom. The zero-order valence-corrected chi connectivity index (χ0v) is 19.8. The molecule has 174 valence electrons. The number of ether oxygens (including phenoxy) is 2. The fourth-order valence-electron chi connectivity index (χ4n) is 5.02. The van der Waals surface area contributed by atoms with Crippen molar-refractivity contribution in [3.63, 3.8) is 0 Å². The van der Waals surface area contributed by atoms with Crippen LogP contribution in [0.1, 0.15) is 78.1 Å². The van der Waals surface area contributed by atoms with E-state index in [-0.39, 0.29) is 30.5 Å². The van der Waals surface area contributed by atoms with E-state index in [9.17, 15) is 9.90 Å². The number of aliphatic carboxylic acids is 1. The van der Waals surface area contributed by atoms with E-state index in [2.05, 4.69) is 29.4 Å². The molecule has 0 aromatic rings. The second-order valence-corrected chi connectivity index (χ2v) is 9.16. The quantitative estimate of drug-likeness (QED) is 0.229. The summed E-state index contributed by atoms with van der Waals surface area (Å²) in [6.07, 6.45) is 11.9. The van der Waals surface area contributed by atoms with Crippen molar-refractivity contribution in [1.82, 2.24) is 0 Å². The number of allylic oxidation sites excluding steroid dienone is 2. The Bertz CT molecular complexity index is 534. The molecule has 1 heterocycles. The van der Waals surface area contributed by atoms with Crippen LogP contribution in [0, 0.1) is 17.8 Å². The van der Waals surface area contributed by atoms with Gasteiger partial charge >= 0.3 is 5.97 Å². The van der Waals surface area contributed by atoms with Crippen molar-refractivity contribution in [2.75, 3.05) is 13.2 Å². The first-order valence-electron chi connectivity index (χ1n) is 11.6. The molecule has 30 heavy (non-hydrogen) atoms. The third-order valence-corrected chi connectivity index (χ3v) is 7.20. The van der Waals surface area contributed by atoms with Crippen LogP contribution < -0.4 is 0 Å². The molecular formula is C23H41O6P. The van der Waals surface area contributed by atoms with Gasteiger partial charge in [0.2, 0.25) is 0 Å². The van der Waals surface area contributed by atoms with E-state index in [0.29, 0.717) is 32.0 Å². The summed E-state index contributed by atoms with van der Waals surface area (Å²) in [7, 11) is 2.37. The minimum Gasteiger partial charge on any atom is -0.481 e. The molecule has 0 radical (unpaired) electrons. The highest BCUT2D eigenvalue weighted by molar-refractivity contribution is 7.09. The van der Waals surface area contributed by atoms with Crippen LogP contribution in [0.2, 0.25) is 0 Å². The molecule has 1 saturated carbocycles. The van der Waals surface area contributed by atoms with E-state index in [4.69, 9.17) is 19.1 Å². The summed E-state index contributed by atoms with van der Waals surface area (Å²) in [5, 5.41) is 19.4. The molecule has 1 aliphatic heterocycles. The highest BCUT2D eigenvalue weighted by atomic mass is 31.0. The Hall–Kier alpha value is -0.520. The fraction of sp³-hybridized carbons (Fsp3) is 0.870. The molecule has 0 bridgehead atoms. The van der Waals surface area contributed by atoms with E-state index in [1.54, 1.807) is 0 Å². The second kappa shape index (κ2) is 13.1. The van der Waals surface area contributed by atoms with Crippen molar-refractivity contribution in [1.29, 1.82) is 0 Å². The third-order valence-electron chi connectivity index (χ3n) is 6.85. The van der Waals surface area contributed by atoms with Crippen LogP contribution in [0.4, 0.5) is 0 Å². The fourth-order valence-corrected chi connectivity index (χ4v) is 5.34. The van der Waals surface area contributed by atoms with Crippen LogP contribution in [-0.2, 0) is 18.8 Å². The van der Waals surface area contributed by atoms with Crippen LogP contribution >= 0.6 is 9.47 Å². The third kappa shape index (κ3) is 7.27. The lowest BCUT2D eigenvalue weighted by molar-refractivity contribution is -0.201. The molecule has 2 N–H and O–H groups in total. The lowest BCUT2D eigenvalue weighted by Gasteiger charge is -2.36. The van der Waals surface area contributed by atoms with Gasteiger partial charge in [0.15, 0.2) is 5.79 Å². The van der Waals surface area contributed by atoms with Gasteiger partial charge in [0.1, 0.15) is 0 Å². The minimum absolute atomic E-state index is 0.0137. The number of carboxylic acid groups (broad SMARTS) is 1. The summed E-state index contributed by atoms with van der Waals surface area (Å²) < 4.78 is 17.9. The van der Waals surface area contributed by atoms with Crippen LogP contribution in [0.5, 0.6) is 0 Å². The average molecular weight is 445 g/mol. The number of rotatable bonds is 14. The Balaban J connectivity index is 1.95. The van der Waals surface area contributed by atoms with Gasteiger partial charge in [-0.2, -0.15) is 0 Å². The molecule has 2 aliphatic rings.